The highest BCUT2D eigenvalue weighted by molar-refractivity contribution is 7.17. The number of aryl methyl sites for hydroxylation is 3. The van der Waals surface area contributed by atoms with Crippen molar-refractivity contribution in [3.63, 3.8) is 0 Å². The molecule has 1 N–H and O–H groups in total. The van der Waals surface area contributed by atoms with Gasteiger partial charge < -0.3 is 5.32 Å². The number of carbonyl (C=O) groups is 1. The number of hydrogen-bond acceptors (Lipinski definition) is 6. The van der Waals surface area contributed by atoms with Crippen LogP contribution in [-0.2, 0) is 13.5 Å². The highest BCUT2D eigenvalue weighted by atomic mass is 32.1. The minimum absolute atomic E-state index is 0.150. The van der Waals surface area contributed by atoms with E-state index in [0.717, 1.165) is 17.7 Å². The first kappa shape index (κ1) is 18.5. The van der Waals surface area contributed by atoms with Gasteiger partial charge in [0.25, 0.3) is 11.5 Å². The molecule has 0 aliphatic carbocycles. The molecule has 8 heteroatoms. The SMILES string of the molecule is Cc1nc(-c2c(C)c(C)nn(C)c2=O)sc1C(=O)NCCc1cccs1. The maximum Gasteiger partial charge on any atom is 0.277 e. The van der Waals surface area contributed by atoms with Crippen LogP contribution in [0.25, 0.3) is 10.6 Å². The van der Waals surface area contributed by atoms with Crippen LogP contribution in [0.15, 0.2) is 22.3 Å². The number of aromatic nitrogens is 3. The first-order valence-electron chi connectivity index (χ1n) is 8.21. The number of rotatable bonds is 5. The van der Waals surface area contributed by atoms with E-state index >= 15 is 0 Å². The topological polar surface area (TPSA) is 76.9 Å². The van der Waals surface area contributed by atoms with Crippen molar-refractivity contribution < 1.29 is 4.79 Å². The summed E-state index contributed by atoms with van der Waals surface area (Å²) in [6.45, 7) is 6.08. The molecule has 3 aromatic rings. The molecule has 0 saturated heterocycles. The summed E-state index contributed by atoms with van der Waals surface area (Å²) in [7, 11) is 1.62. The van der Waals surface area contributed by atoms with Gasteiger partial charge in [-0.3, -0.25) is 9.59 Å². The molecule has 0 radical (unpaired) electrons. The van der Waals surface area contributed by atoms with Gasteiger partial charge in [0.15, 0.2) is 0 Å². The summed E-state index contributed by atoms with van der Waals surface area (Å²) in [5, 5.41) is 9.72. The van der Waals surface area contributed by atoms with Gasteiger partial charge in [-0.2, -0.15) is 5.10 Å². The molecule has 0 spiro atoms. The lowest BCUT2D eigenvalue weighted by Crippen LogP contribution is -2.25. The fourth-order valence-corrected chi connectivity index (χ4v) is 4.43. The van der Waals surface area contributed by atoms with Crippen LogP contribution >= 0.6 is 22.7 Å². The first-order valence-corrected chi connectivity index (χ1v) is 9.91. The van der Waals surface area contributed by atoms with Gasteiger partial charge in [-0.05, 0) is 44.2 Å². The molecule has 0 atom stereocenters. The quantitative estimate of drug-likeness (QED) is 0.729. The second kappa shape index (κ2) is 7.51. The minimum atomic E-state index is -0.202. The third kappa shape index (κ3) is 3.61. The number of hydrogen-bond donors (Lipinski definition) is 1. The van der Waals surface area contributed by atoms with Crippen molar-refractivity contribution in [3.8, 4) is 10.6 Å². The van der Waals surface area contributed by atoms with Crippen LogP contribution in [0.3, 0.4) is 0 Å². The number of thiazole rings is 1. The summed E-state index contributed by atoms with van der Waals surface area (Å²) in [4.78, 5) is 31.3. The Hall–Kier alpha value is -2.32. The Morgan fingerprint density at radius 1 is 1.27 bits per heavy atom. The molecule has 0 fully saturated rings. The second-order valence-corrected chi connectivity index (χ2v) is 8.06. The van der Waals surface area contributed by atoms with Crippen LogP contribution in [0.4, 0.5) is 0 Å². The normalized spacial score (nSPS) is 10.9. The average Bonchev–Trinajstić information content (AvgIpc) is 3.23. The van der Waals surface area contributed by atoms with Crippen LogP contribution in [0.5, 0.6) is 0 Å². The van der Waals surface area contributed by atoms with Crippen molar-refractivity contribution in [2.24, 2.45) is 7.05 Å². The molecule has 0 bridgehead atoms. The summed E-state index contributed by atoms with van der Waals surface area (Å²) in [5.41, 5.74) is 2.52. The van der Waals surface area contributed by atoms with Crippen LogP contribution in [-0.4, -0.2) is 27.2 Å². The maximum atomic E-state index is 12.5. The molecule has 0 unspecified atom stereocenters. The molecule has 3 rings (SSSR count). The summed E-state index contributed by atoms with van der Waals surface area (Å²) < 4.78 is 1.31. The van der Waals surface area contributed by atoms with E-state index < -0.39 is 0 Å². The summed E-state index contributed by atoms with van der Waals surface area (Å²) in [5.74, 6) is -0.150. The Morgan fingerprint density at radius 3 is 2.73 bits per heavy atom. The van der Waals surface area contributed by atoms with Gasteiger partial charge in [-0.1, -0.05) is 6.07 Å². The summed E-state index contributed by atoms with van der Waals surface area (Å²) >= 11 is 2.93. The van der Waals surface area contributed by atoms with E-state index in [4.69, 9.17) is 0 Å². The Morgan fingerprint density at radius 2 is 2.04 bits per heavy atom. The molecule has 136 valence electrons. The zero-order valence-corrected chi connectivity index (χ0v) is 16.8. The molecule has 3 heterocycles. The molecule has 0 aliphatic heterocycles. The highest BCUT2D eigenvalue weighted by Crippen LogP contribution is 2.28. The zero-order valence-electron chi connectivity index (χ0n) is 15.1. The molecule has 3 aromatic heterocycles. The van der Waals surface area contributed by atoms with Gasteiger partial charge in [0.1, 0.15) is 9.88 Å². The molecule has 6 nitrogen and oxygen atoms in total. The Balaban J connectivity index is 1.83. The van der Waals surface area contributed by atoms with E-state index in [1.165, 1.54) is 20.9 Å². The number of nitrogens with one attached hydrogen (secondary N) is 1. The van der Waals surface area contributed by atoms with Crippen molar-refractivity contribution in [3.05, 3.63) is 54.6 Å². The van der Waals surface area contributed by atoms with Crippen LogP contribution in [0.2, 0.25) is 0 Å². The van der Waals surface area contributed by atoms with Crippen LogP contribution in [0.1, 0.15) is 31.5 Å². The van der Waals surface area contributed by atoms with Gasteiger partial charge >= 0.3 is 0 Å². The van der Waals surface area contributed by atoms with E-state index in [0.29, 0.717) is 27.7 Å². The lowest BCUT2D eigenvalue weighted by Gasteiger charge is -2.07. The van der Waals surface area contributed by atoms with E-state index in [-0.39, 0.29) is 11.5 Å². The van der Waals surface area contributed by atoms with Gasteiger partial charge in [-0.15, -0.1) is 22.7 Å². The van der Waals surface area contributed by atoms with Crippen molar-refractivity contribution in [2.45, 2.75) is 27.2 Å². The van der Waals surface area contributed by atoms with Crippen molar-refractivity contribution in [2.75, 3.05) is 6.54 Å². The number of thiophene rings is 1. The average molecular weight is 389 g/mol. The number of nitrogens with zero attached hydrogens (tertiary/aromatic N) is 3. The molecular weight excluding hydrogens is 368 g/mol. The van der Waals surface area contributed by atoms with Gasteiger partial charge in [0.05, 0.1) is 17.0 Å². The predicted octanol–water partition coefficient (Wildman–Crippen LogP) is 2.86. The van der Waals surface area contributed by atoms with Crippen LogP contribution in [0, 0.1) is 20.8 Å². The van der Waals surface area contributed by atoms with Crippen molar-refractivity contribution in [1.29, 1.82) is 0 Å². The summed E-state index contributed by atoms with van der Waals surface area (Å²) in [6, 6.07) is 4.05. The molecule has 0 saturated carbocycles. The molecule has 0 aromatic carbocycles. The van der Waals surface area contributed by atoms with Crippen molar-refractivity contribution >= 4 is 28.6 Å². The van der Waals surface area contributed by atoms with Crippen molar-refractivity contribution in [1.82, 2.24) is 20.1 Å². The van der Waals surface area contributed by atoms with E-state index in [1.807, 2.05) is 25.3 Å². The third-order valence-electron chi connectivity index (χ3n) is 4.18. The monoisotopic (exact) mass is 388 g/mol. The highest BCUT2D eigenvalue weighted by Gasteiger charge is 2.20. The molecular formula is C18H20N4O2S2. The standard InChI is InChI=1S/C18H20N4O2S2/c1-10-11(2)21-22(4)18(24)14(10)17-20-12(3)15(26-17)16(23)19-8-7-13-6-5-9-25-13/h5-6,9H,7-8H2,1-4H3,(H,19,23). The van der Waals surface area contributed by atoms with E-state index in [1.54, 1.807) is 25.3 Å². The van der Waals surface area contributed by atoms with Crippen LogP contribution < -0.4 is 10.9 Å². The molecule has 26 heavy (non-hydrogen) atoms. The number of carbonyl (C=O) groups excluding carboxylic acids is 1. The lowest BCUT2D eigenvalue weighted by molar-refractivity contribution is 0.0957. The maximum absolute atomic E-state index is 12.5. The van der Waals surface area contributed by atoms with Gasteiger partial charge in [-0.25, -0.2) is 9.67 Å². The van der Waals surface area contributed by atoms with E-state index in [9.17, 15) is 9.59 Å². The fraction of sp³-hybridized carbons (Fsp3) is 0.333. The largest absolute Gasteiger partial charge is 0.351 e. The third-order valence-corrected chi connectivity index (χ3v) is 6.29. The molecule has 1 amide bonds. The zero-order chi connectivity index (χ0) is 18.8. The molecule has 0 aliphatic rings. The Labute approximate surface area is 159 Å². The fourth-order valence-electron chi connectivity index (χ4n) is 2.65. The van der Waals surface area contributed by atoms with Gasteiger partial charge in [0.2, 0.25) is 0 Å². The second-order valence-electron chi connectivity index (χ2n) is 6.03. The van der Waals surface area contributed by atoms with Gasteiger partial charge in [0, 0.05) is 18.5 Å². The smallest absolute Gasteiger partial charge is 0.277 e. The summed E-state index contributed by atoms with van der Waals surface area (Å²) in [6.07, 6.45) is 0.803. The lowest BCUT2D eigenvalue weighted by atomic mass is 10.1. The Kier molecular flexibility index (Phi) is 5.33. The Bertz CT molecular complexity index is 1000. The van der Waals surface area contributed by atoms with E-state index in [2.05, 4.69) is 21.5 Å². The predicted molar refractivity (Wildman–Crippen MR) is 105 cm³/mol. The first-order chi connectivity index (χ1) is 12.4. The minimum Gasteiger partial charge on any atom is -0.351 e. The number of amides is 1.